The summed E-state index contributed by atoms with van der Waals surface area (Å²) in [5.74, 6) is 0. The van der Waals surface area contributed by atoms with E-state index in [0.717, 1.165) is 6.54 Å². The fourth-order valence-electron chi connectivity index (χ4n) is 1.66. The lowest BCUT2D eigenvalue weighted by molar-refractivity contribution is 0.380. The van der Waals surface area contributed by atoms with Crippen molar-refractivity contribution in [3.8, 4) is 0 Å². The highest BCUT2D eigenvalue weighted by molar-refractivity contribution is 5.06. The first-order chi connectivity index (χ1) is 6.08. The van der Waals surface area contributed by atoms with Crippen LogP contribution in [-0.4, -0.2) is 13.1 Å². The summed E-state index contributed by atoms with van der Waals surface area (Å²) in [5.41, 5.74) is 2.11. The molecule has 1 nitrogen and oxygen atoms in total. The fourth-order valence-corrected chi connectivity index (χ4v) is 1.66. The van der Waals surface area contributed by atoms with Crippen molar-refractivity contribution < 1.29 is 0 Å². The van der Waals surface area contributed by atoms with E-state index in [-0.39, 0.29) is 0 Å². The van der Waals surface area contributed by atoms with Crippen molar-refractivity contribution in [3.05, 3.63) is 11.6 Å². The lowest BCUT2D eigenvalue weighted by atomic mass is 9.90. The molecule has 13 heavy (non-hydrogen) atoms. The molecular weight excluding hydrogens is 158 g/mol. The van der Waals surface area contributed by atoms with Crippen LogP contribution in [0.5, 0.6) is 0 Å². The van der Waals surface area contributed by atoms with E-state index in [1.807, 2.05) is 0 Å². The van der Waals surface area contributed by atoms with Crippen LogP contribution in [0.2, 0.25) is 0 Å². The zero-order valence-electron chi connectivity index (χ0n) is 9.32. The van der Waals surface area contributed by atoms with Crippen LogP contribution in [0, 0.1) is 5.41 Å². The van der Waals surface area contributed by atoms with Gasteiger partial charge in [0.2, 0.25) is 0 Å². The van der Waals surface area contributed by atoms with Gasteiger partial charge < -0.3 is 5.32 Å². The van der Waals surface area contributed by atoms with Gasteiger partial charge in [-0.2, -0.15) is 0 Å². The Kier molecular flexibility index (Phi) is 3.98. The Morgan fingerprint density at radius 1 is 1.38 bits per heavy atom. The Bertz CT molecular complexity index is 166. The van der Waals surface area contributed by atoms with Gasteiger partial charge in [0.15, 0.2) is 0 Å². The van der Waals surface area contributed by atoms with Gasteiger partial charge in [-0.3, -0.25) is 0 Å². The van der Waals surface area contributed by atoms with Gasteiger partial charge in [-0.25, -0.2) is 0 Å². The van der Waals surface area contributed by atoms with Gasteiger partial charge in [0.25, 0.3) is 0 Å². The molecule has 0 radical (unpaired) electrons. The molecule has 76 valence electrons. The minimum Gasteiger partial charge on any atom is -0.313 e. The number of piperidine rings is 1. The summed E-state index contributed by atoms with van der Waals surface area (Å²) in [6.07, 6.45) is 7.63. The van der Waals surface area contributed by atoms with Gasteiger partial charge in [0.1, 0.15) is 0 Å². The molecule has 1 rings (SSSR count). The predicted octanol–water partition coefficient (Wildman–Crippen LogP) is 3.12. The fraction of sp³-hybridized carbons (Fsp3) is 0.833. The number of rotatable bonds is 2. The van der Waals surface area contributed by atoms with E-state index in [1.165, 1.54) is 32.2 Å². The summed E-state index contributed by atoms with van der Waals surface area (Å²) in [5, 5.41) is 3.41. The molecule has 1 saturated heterocycles. The minimum atomic E-state index is 0.485. The smallest absolute Gasteiger partial charge is 0.0164 e. The van der Waals surface area contributed by atoms with Crippen LogP contribution < -0.4 is 5.32 Å². The van der Waals surface area contributed by atoms with Crippen LogP contribution in [0.3, 0.4) is 0 Å². The standard InChI is InChI=1S/C12H23N/c1-12(2,3)8-4-6-11-7-5-9-13-10-11/h6,13H,4-5,7-10H2,1-3H3/b11-6-. The lowest BCUT2D eigenvalue weighted by Crippen LogP contribution is -2.23. The molecule has 1 fully saturated rings. The minimum absolute atomic E-state index is 0.485. The molecule has 1 N–H and O–H groups in total. The highest BCUT2D eigenvalue weighted by Crippen LogP contribution is 2.21. The van der Waals surface area contributed by atoms with Crippen molar-refractivity contribution in [1.82, 2.24) is 5.32 Å². The Labute approximate surface area is 82.6 Å². The SMILES string of the molecule is CC(C)(C)CC/C=C1/CCCNC1. The number of hydrogen-bond acceptors (Lipinski definition) is 1. The molecule has 1 aliphatic heterocycles. The summed E-state index contributed by atoms with van der Waals surface area (Å²) in [4.78, 5) is 0. The molecule has 0 aromatic heterocycles. The first-order valence-corrected chi connectivity index (χ1v) is 5.46. The van der Waals surface area contributed by atoms with Gasteiger partial charge in [-0.1, -0.05) is 32.4 Å². The van der Waals surface area contributed by atoms with Gasteiger partial charge >= 0.3 is 0 Å². The molecule has 0 bridgehead atoms. The molecule has 1 heteroatoms. The molecule has 0 saturated carbocycles. The second-order valence-electron chi connectivity index (χ2n) is 5.24. The highest BCUT2D eigenvalue weighted by atomic mass is 14.9. The van der Waals surface area contributed by atoms with Crippen LogP contribution >= 0.6 is 0 Å². The van der Waals surface area contributed by atoms with Gasteiger partial charge in [0, 0.05) is 6.54 Å². The quantitative estimate of drug-likeness (QED) is 0.645. The van der Waals surface area contributed by atoms with E-state index in [9.17, 15) is 0 Å². The normalized spacial score (nSPS) is 22.2. The molecule has 0 aliphatic carbocycles. The summed E-state index contributed by atoms with van der Waals surface area (Å²) >= 11 is 0. The predicted molar refractivity (Wildman–Crippen MR) is 58.9 cm³/mol. The van der Waals surface area contributed by atoms with Gasteiger partial charge in [0.05, 0.1) is 0 Å². The summed E-state index contributed by atoms with van der Waals surface area (Å²) in [6.45, 7) is 9.26. The third kappa shape index (κ3) is 5.09. The topological polar surface area (TPSA) is 12.0 Å². The van der Waals surface area contributed by atoms with E-state index in [0.29, 0.717) is 5.41 Å². The van der Waals surface area contributed by atoms with Crippen LogP contribution in [0.25, 0.3) is 0 Å². The van der Waals surface area contributed by atoms with Crippen molar-refractivity contribution >= 4 is 0 Å². The Morgan fingerprint density at radius 3 is 2.69 bits per heavy atom. The number of nitrogens with one attached hydrogen (secondary N) is 1. The Balaban J connectivity index is 2.22. The van der Waals surface area contributed by atoms with E-state index < -0.39 is 0 Å². The number of allylic oxidation sites excluding steroid dienone is 1. The Hall–Kier alpha value is -0.300. The molecule has 0 atom stereocenters. The Morgan fingerprint density at radius 2 is 2.15 bits per heavy atom. The second-order valence-corrected chi connectivity index (χ2v) is 5.24. The third-order valence-electron chi connectivity index (χ3n) is 2.53. The number of hydrogen-bond donors (Lipinski definition) is 1. The van der Waals surface area contributed by atoms with Crippen molar-refractivity contribution in [3.63, 3.8) is 0 Å². The maximum absolute atomic E-state index is 3.41. The molecular formula is C12H23N. The largest absolute Gasteiger partial charge is 0.313 e. The second kappa shape index (κ2) is 4.80. The maximum Gasteiger partial charge on any atom is 0.0164 e. The average molecular weight is 181 g/mol. The maximum atomic E-state index is 3.41. The molecule has 0 spiro atoms. The van der Waals surface area contributed by atoms with E-state index >= 15 is 0 Å². The van der Waals surface area contributed by atoms with E-state index in [2.05, 4.69) is 32.2 Å². The van der Waals surface area contributed by atoms with Crippen molar-refractivity contribution in [2.45, 2.75) is 46.5 Å². The summed E-state index contributed by atoms with van der Waals surface area (Å²) < 4.78 is 0. The first kappa shape index (κ1) is 10.8. The van der Waals surface area contributed by atoms with Crippen LogP contribution in [0.1, 0.15) is 46.5 Å². The molecule has 0 aromatic rings. The average Bonchev–Trinajstić information content (AvgIpc) is 2.04. The molecule has 1 heterocycles. The molecule has 0 unspecified atom stereocenters. The van der Waals surface area contributed by atoms with Crippen molar-refractivity contribution in [1.29, 1.82) is 0 Å². The monoisotopic (exact) mass is 181 g/mol. The summed E-state index contributed by atoms with van der Waals surface area (Å²) in [7, 11) is 0. The summed E-state index contributed by atoms with van der Waals surface area (Å²) in [6, 6.07) is 0. The van der Waals surface area contributed by atoms with E-state index in [1.54, 1.807) is 5.57 Å². The van der Waals surface area contributed by atoms with Crippen LogP contribution in [0.15, 0.2) is 11.6 Å². The zero-order valence-corrected chi connectivity index (χ0v) is 9.32. The van der Waals surface area contributed by atoms with Crippen LogP contribution in [-0.2, 0) is 0 Å². The lowest BCUT2D eigenvalue weighted by Gasteiger charge is -2.18. The zero-order chi connectivity index (χ0) is 9.73. The highest BCUT2D eigenvalue weighted by Gasteiger charge is 2.09. The van der Waals surface area contributed by atoms with Crippen molar-refractivity contribution in [2.75, 3.05) is 13.1 Å². The third-order valence-corrected chi connectivity index (χ3v) is 2.53. The molecule has 0 aromatic carbocycles. The van der Waals surface area contributed by atoms with Gasteiger partial charge in [-0.15, -0.1) is 0 Å². The molecule has 0 amide bonds. The van der Waals surface area contributed by atoms with Crippen molar-refractivity contribution in [2.24, 2.45) is 5.41 Å². The van der Waals surface area contributed by atoms with E-state index in [4.69, 9.17) is 0 Å². The van der Waals surface area contributed by atoms with Crippen LogP contribution in [0.4, 0.5) is 0 Å². The van der Waals surface area contributed by atoms with Gasteiger partial charge in [-0.05, 0) is 37.6 Å². The molecule has 1 aliphatic rings. The first-order valence-electron chi connectivity index (χ1n) is 5.46.